The maximum Gasteiger partial charge on any atom is 0.155 e. The average molecular weight is 521 g/mol. The Hall–Kier alpha value is -3.57. The first kappa shape index (κ1) is 28.4. The van der Waals surface area contributed by atoms with E-state index in [1.165, 1.54) is 5.56 Å². The molecule has 4 aromatic rings. The quantitative estimate of drug-likeness (QED) is 0.203. The van der Waals surface area contributed by atoms with Crippen molar-refractivity contribution in [3.05, 3.63) is 143 Å². The summed E-state index contributed by atoms with van der Waals surface area (Å²) in [5.41, 5.74) is 4.49. The first-order valence-electron chi connectivity index (χ1n) is 13.8. The highest BCUT2D eigenvalue weighted by atomic mass is 16.3. The lowest BCUT2D eigenvalue weighted by Crippen LogP contribution is -2.61. The van der Waals surface area contributed by atoms with Crippen molar-refractivity contribution in [3.63, 3.8) is 0 Å². The Morgan fingerprint density at radius 3 is 1.67 bits per heavy atom. The molecule has 4 nitrogen and oxygen atoms in total. The predicted molar refractivity (Wildman–Crippen MR) is 160 cm³/mol. The molecular formula is C35H40N2O2. The van der Waals surface area contributed by atoms with Crippen molar-refractivity contribution in [1.29, 1.82) is 0 Å². The Balaban J connectivity index is 1.89. The lowest BCUT2D eigenvalue weighted by molar-refractivity contribution is -0.121. The number of nitrogens with one attached hydrogen (secondary N) is 2. The number of carbonyl (C=O) groups excluding carboxylic acids is 1. The van der Waals surface area contributed by atoms with E-state index >= 15 is 0 Å². The van der Waals surface area contributed by atoms with Crippen LogP contribution in [0.1, 0.15) is 41.7 Å². The molecule has 0 bridgehead atoms. The molecule has 4 aromatic carbocycles. The number of rotatable bonds is 13. The molecule has 0 fully saturated rings. The molecule has 0 aliphatic rings. The molecule has 0 unspecified atom stereocenters. The second-order valence-corrected chi connectivity index (χ2v) is 10.6. The molecule has 4 rings (SSSR count). The molecule has 3 N–H and O–H groups in total. The topological polar surface area (TPSA) is 61.4 Å². The van der Waals surface area contributed by atoms with Gasteiger partial charge in [-0.25, -0.2) is 0 Å². The molecule has 0 aromatic heterocycles. The highest BCUT2D eigenvalue weighted by Crippen LogP contribution is 2.38. The average Bonchev–Trinajstić information content (AvgIpc) is 2.97. The number of ketones is 1. The van der Waals surface area contributed by atoms with E-state index in [1.54, 1.807) is 7.05 Å². The van der Waals surface area contributed by atoms with E-state index in [9.17, 15) is 9.90 Å². The third-order valence-electron chi connectivity index (χ3n) is 7.35. The van der Waals surface area contributed by atoms with Gasteiger partial charge in [0.05, 0.1) is 24.2 Å². The van der Waals surface area contributed by atoms with Crippen LogP contribution in [-0.2, 0) is 23.2 Å². The number of likely N-dealkylation sites (N-methyl/N-ethyl adjacent to an activating group) is 1. The van der Waals surface area contributed by atoms with Gasteiger partial charge in [0.15, 0.2) is 5.78 Å². The normalized spacial score (nSPS) is 13.3. The lowest BCUT2D eigenvalue weighted by atomic mass is 9.75. The number of hydrogen-bond donors (Lipinski definition) is 3. The Morgan fingerprint density at radius 1 is 0.718 bits per heavy atom. The molecule has 0 heterocycles. The summed E-state index contributed by atoms with van der Waals surface area (Å²) >= 11 is 0. The largest absolute Gasteiger partial charge is 0.395 e. The highest BCUT2D eigenvalue weighted by molar-refractivity contribution is 5.87. The van der Waals surface area contributed by atoms with Crippen molar-refractivity contribution in [2.45, 2.75) is 44.3 Å². The fourth-order valence-corrected chi connectivity index (χ4v) is 5.40. The molecule has 0 spiro atoms. The molecule has 0 saturated carbocycles. The van der Waals surface area contributed by atoms with Crippen LogP contribution in [0.25, 0.3) is 0 Å². The molecule has 39 heavy (non-hydrogen) atoms. The predicted octanol–water partition coefficient (Wildman–Crippen LogP) is 5.53. The Morgan fingerprint density at radius 2 is 1.21 bits per heavy atom. The molecule has 0 radical (unpaired) electrons. The van der Waals surface area contributed by atoms with E-state index in [0.717, 1.165) is 28.7 Å². The van der Waals surface area contributed by atoms with Gasteiger partial charge in [0.2, 0.25) is 0 Å². The zero-order valence-electron chi connectivity index (χ0n) is 23.2. The number of aliphatic hydroxyl groups is 1. The smallest absolute Gasteiger partial charge is 0.155 e. The monoisotopic (exact) mass is 520 g/mol. The van der Waals surface area contributed by atoms with Crippen LogP contribution < -0.4 is 10.6 Å². The molecule has 4 heteroatoms. The summed E-state index contributed by atoms with van der Waals surface area (Å²) in [6.07, 6.45) is 1.27. The third kappa shape index (κ3) is 6.72. The van der Waals surface area contributed by atoms with Gasteiger partial charge >= 0.3 is 0 Å². The maximum atomic E-state index is 14.0. The van der Waals surface area contributed by atoms with Crippen molar-refractivity contribution in [1.82, 2.24) is 10.6 Å². The Labute approximate surface area is 233 Å². The number of Topliss-reactive ketones (excluding diaryl/α,β-unsaturated/α-hetero) is 1. The van der Waals surface area contributed by atoms with Gasteiger partial charge in [-0.2, -0.15) is 0 Å². The summed E-state index contributed by atoms with van der Waals surface area (Å²) in [5, 5.41) is 17.4. The number of benzene rings is 4. The summed E-state index contributed by atoms with van der Waals surface area (Å²) in [7, 11) is 1.79. The van der Waals surface area contributed by atoms with Crippen molar-refractivity contribution >= 4 is 5.78 Å². The van der Waals surface area contributed by atoms with E-state index < -0.39 is 17.6 Å². The SMILES string of the molecule is CN[C@H](CO)[C@@H](NC(c1ccccc1)(c1ccccc1)c1ccc(CC(C)C)cc1)C(=O)Cc1ccccc1. The number of carbonyl (C=O) groups is 1. The second kappa shape index (κ2) is 13.5. The maximum absolute atomic E-state index is 14.0. The van der Waals surface area contributed by atoms with Gasteiger partial charge in [-0.15, -0.1) is 0 Å². The van der Waals surface area contributed by atoms with Gasteiger partial charge in [-0.05, 0) is 47.2 Å². The summed E-state index contributed by atoms with van der Waals surface area (Å²) in [4.78, 5) is 14.0. The van der Waals surface area contributed by atoms with Crippen molar-refractivity contribution in [2.24, 2.45) is 5.92 Å². The zero-order chi connectivity index (χ0) is 27.7. The van der Waals surface area contributed by atoms with E-state index in [-0.39, 0.29) is 18.8 Å². The van der Waals surface area contributed by atoms with E-state index in [1.807, 2.05) is 66.7 Å². The van der Waals surface area contributed by atoms with Crippen molar-refractivity contribution < 1.29 is 9.90 Å². The summed E-state index contributed by atoms with van der Waals surface area (Å²) in [5.74, 6) is 0.574. The van der Waals surface area contributed by atoms with Crippen LogP contribution in [0.3, 0.4) is 0 Å². The molecule has 0 amide bonds. The van der Waals surface area contributed by atoms with E-state index in [0.29, 0.717) is 5.92 Å². The Kier molecular flexibility index (Phi) is 9.83. The van der Waals surface area contributed by atoms with Crippen LogP contribution in [0.5, 0.6) is 0 Å². The zero-order valence-corrected chi connectivity index (χ0v) is 23.2. The van der Waals surface area contributed by atoms with Gasteiger partial charge < -0.3 is 10.4 Å². The fraction of sp³-hybridized carbons (Fsp3) is 0.286. The van der Waals surface area contributed by atoms with Gasteiger partial charge in [0, 0.05) is 6.42 Å². The van der Waals surface area contributed by atoms with Crippen molar-refractivity contribution in [3.8, 4) is 0 Å². The van der Waals surface area contributed by atoms with E-state index in [4.69, 9.17) is 0 Å². The molecule has 2 atom stereocenters. The minimum Gasteiger partial charge on any atom is -0.395 e. The van der Waals surface area contributed by atoms with Crippen LogP contribution >= 0.6 is 0 Å². The first-order chi connectivity index (χ1) is 19.0. The van der Waals surface area contributed by atoms with Crippen LogP contribution in [0.2, 0.25) is 0 Å². The van der Waals surface area contributed by atoms with Gasteiger partial charge in [0.25, 0.3) is 0 Å². The number of aliphatic hydroxyl groups excluding tert-OH is 1. The molecular weight excluding hydrogens is 480 g/mol. The van der Waals surface area contributed by atoms with Crippen molar-refractivity contribution in [2.75, 3.05) is 13.7 Å². The molecule has 0 aliphatic carbocycles. The first-order valence-corrected chi connectivity index (χ1v) is 13.8. The Bertz CT molecular complexity index is 1250. The van der Waals surface area contributed by atoms with Crippen LogP contribution in [-0.4, -0.2) is 36.6 Å². The molecule has 202 valence electrons. The lowest BCUT2D eigenvalue weighted by Gasteiger charge is -2.41. The van der Waals surface area contributed by atoms with Crippen LogP contribution in [0.4, 0.5) is 0 Å². The highest BCUT2D eigenvalue weighted by Gasteiger charge is 2.41. The summed E-state index contributed by atoms with van der Waals surface area (Å²) < 4.78 is 0. The van der Waals surface area contributed by atoms with Crippen LogP contribution in [0.15, 0.2) is 115 Å². The second-order valence-electron chi connectivity index (χ2n) is 10.6. The molecule has 0 aliphatic heterocycles. The van der Waals surface area contributed by atoms with Crippen LogP contribution in [0, 0.1) is 5.92 Å². The minimum absolute atomic E-state index is 0.0160. The fourth-order valence-electron chi connectivity index (χ4n) is 5.40. The van der Waals surface area contributed by atoms with E-state index in [2.05, 4.69) is 73.0 Å². The minimum atomic E-state index is -0.833. The number of hydrogen-bond acceptors (Lipinski definition) is 4. The van der Waals surface area contributed by atoms with Gasteiger partial charge in [-0.1, -0.05) is 129 Å². The standard InChI is InChI=1S/C35H40N2O2/c1-26(2)23-28-19-21-31(22-20-28)35(29-15-9-5-10-16-29,30-17-11-6-12-18-30)37-34(32(25-38)36-3)33(39)24-27-13-7-4-8-14-27/h4-22,26,32,34,36-38H,23-25H2,1-3H3/t32-,34-/m1/s1. The van der Waals surface area contributed by atoms with Gasteiger partial charge in [-0.3, -0.25) is 10.1 Å². The molecule has 0 saturated heterocycles. The summed E-state index contributed by atoms with van der Waals surface area (Å²) in [6, 6.07) is 37.9. The summed E-state index contributed by atoms with van der Waals surface area (Å²) in [6.45, 7) is 4.27. The van der Waals surface area contributed by atoms with Gasteiger partial charge in [0.1, 0.15) is 0 Å². The third-order valence-corrected chi connectivity index (χ3v) is 7.35.